The summed E-state index contributed by atoms with van der Waals surface area (Å²) < 4.78 is 33.1. The minimum absolute atomic E-state index is 0.00300. The van der Waals surface area contributed by atoms with E-state index in [2.05, 4.69) is 24.2 Å². The van der Waals surface area contributed by atoms with Crippen molar-refractivity contribution in [1.29, 1.82) is 0 Å². The maximum atomic E-state index is 14.9. The number of fused-ring (bicyclic) bond motifs is 3. The van der Waals surface area contributed by atoms with Crippen LogP contribution < -0.4 is 16.8 Å². The van der Waals surface area contributed by atoms with Crippen molar-refractivity contribution in [2.45, 2.75) is 94.3 Å². The lowest BCUT2D eigenvalue weighted by Crippen LogP contribution is -2.81. The molecule has 0 radical (unpaired) electrons. The molecule has 4 heterocycles. The first kappa shape index (κ1) is 27.6. The molecule has 0 aromatic rings. The molecule has 0 amide bonds. The van der Waals surface area contributed by atoms with Gasteiger partial charge in [0.2, 0.25) is 11.6 Å². The fourth-order valence-corrected chi connectivity index (χ4v) is 7.15. The van der Waals surface area contributed by atoms with E-state index in [1.807, 2.05) is 13.8 Å². The molecule has 8 atom stereocenters. The fourth-order valence-electron chi connectivity index (χ4n) is 7.15. The SMILES string of the molecule is CO[C@](CF)(OCCN(C)C1CCNCC1)C(C)[C@]1(N)CC[C@@H](C)C2CC[C@]3(C)OO[C@]21C(N)O3. The third-order valence-corrected chi connectivity index (χ3v) is 9.73. The second-order valence-electron chi connectivity index (χ2n) is 11.5. The van der Waals surface area contributed by atoms with Crippen LogP contribution in [0.1, 0.15) is 59.3 Å². The summed E-state index contributed by atoms with van der Waals surface area (Å²) in [5.74, 6) is -2.74. The molecule has 3 unspecified atom stereocenters. The molecule has 204 valence electrons. The number of halogens is 1. The molecule has 10 heteroatoms. The van der Waals surface area contributed by atoms with Crippen LogP contribution in [0, 0.1) is 17.8 Å². The predicted molar refractivity (Wildman–Crippen MR) is 130 cm³/mol. The summed E-state index contributed by atoms with van der Waals surface area (Å²) in [6.07, 6.45) is 4.25. The van der Waals surface area contributed by atoms with Crippen molar-refractivity contribution >= 4 is 0 Å². The Morgan fingerprint density at radius 1 is 1.20 bits per heavy atom. The molecule has 4 saturated heterocycles. The van der Waals surface area contributed by atoms with Gasteiger partial charge in [0, 0.05) is 32.0 Å². The zero-order valence-electron chi connectivity index (χ0n) is 22.2. The first-order valence-electron chi connectivity index (χ1n) is 13.3. The number of piperidine rings is 1. The lowest BCUT2D eigenvalue weighted by molar-refractivity contribution is -0.537. The fraction of sp³-hybridized carbons (Fsp3) is 1.00. The first-order valence-corrected chi connectivity index (χ1v) is 13.3. The summed E-state index contributed by atoms with van der Waals surface area (Å²) in [6.45, 7) is 8.10. The number of hydrogen-bond acceptors (Lipinski definition) is 9. The summed E-state index contributed by atoms with van der Waals surface area (Å²) in [7, 11) is 3.57. The van der Waals surface area contributed by atoms with E-state index < -0.39 is 41.5 Å². The third kappa shape index (κ3) is 4.57. The van der Waals surface area contributed by atoms with Gasteiger partial charge < -0.3 is 35.9 Å². The highest BCUT2D eigenvalue weighted by molar-refractivity contribution is 5.20. The van der Waals surface area contributed by atoms with Crippen LogP contribution in [0.3, 0.4) is 0 Å². The van der Waals surface area contributed by atoms with Crippen LogP contribution in [-0.2, 0) is 24.0 Å². The van der Waals surface area contributed by atoms with E-state index in [-0.39, 0.29) is 5.92 Å². The summed E-state index contributed by atoms with van der Waals surface area (Å²) >= 11 is 0. The summed E-state index contributed by atoms with van der Waals surface area (Å²) in [6, 6.07) is 0.489. The van der Waals surface area contributed by atoms with Gasteiger partial charge in [-0.05, 0) is 71.0 Å². The van der Waals surface area contributed by atoms with Crippen LogP contribution in [0.2, 0.25) is 0 Å². The van der Waals surface area contributed by atoms with Gasteiger partial charge in [-0.2, -0.15) is 0 Å². The molecule has 5 rings (SSSR count). The van der Waals surface area contributed by atoms with Crippen LogP contribution in [0.4, 0.5) is 4.39 Å². The zero-order valence-corrected chi connectivity index (χ0v) is 22.2. The first-order chi connectivity index (χ1) is 16.6. The number of alkyl halides is 1. The van der Waals surface area contributed by atoms with Crippen molar-refractivity contribution in [3.63, 3.8) is 0 Å². The number of methoxy groups -OCH3 is 1. The van der Waals surface area contributed by atoms with Gasteiger partial charge in [0.05, 0.1) is 12.1 Å². The van der Waals surface area contributed by atoms with Crippen molar-refractivity contribution in [1.82, 2.24) is 10.2 Å². The predicted octanol–water partition coefficient (Wildman–Crippen LogP) is 1.89. The van der Waals surface area contributed by atoms with Crippen molar-refractivity contribution in [2.75, 3.05) is 47.1 Å². The van der Waals surface area contributed by atoms with Gasteiger partial charge in [-0.1, -0.05) is 13.8 Å². The highest BCUT2D eigenvalue weighted by atomic mass is 19.1. The summed E-state index contributed by atoms with van der Waals surface area (Å²) in [4.78, 5) is 14.3. The molecular formula is C25H47FN4O5. The molecule has 0 aromatic carbocycles. The smallest absolute Gasteiger partial charge is 0.201 e. The van der Waals surface area contributed by atoms with Crippen molar-refractivity contribution in [3.8, 4) is 0 Å². The van der Waals surface area contributed by atoms with Gasteiger partial charge in [-0.3, -0.25) is 0 Å². The van der Waals surface area contributed by atoms with Gasteiger partial charge in [0.15, 0.2) is 5.60 Å². The maximum absolute atomic E-state index is 14.9. The van der Waals surface area contributed by atoms with Crippen molar-refractivity contribution in [2.24, 2.45) is 29.2 Å². The molecule has 2 bridgehead atoms. The molecule has 0 aromatic heterocycles. The van der Waals surface area contributed by atoms with E-state index in [1.165, 1.54) is 7.11 Å². The largest absolute Gasteiger partial charge is 0.351 e. The minimum Gasteiger partial charge on any atom is -0.351 e. The van der Waals surface area contributed by atoms with E-state index >= 15 is 0 Å². The summed E-state index contributed by atoms with van der Waals surface area (Å²) in [5, 5.41) is 3.39. The topological polar surface area (TPSA) is 113 Å². The average molecular weight is 503 g/mol. The van der Waals surface area contributed by atoms with Crippen molar-refractivity contribution in [3.05, 3.63) is 0 Å². The highest BCUT2D eigenvalue weighted by Gasteiger charge is 2.72. The second kappa shape index (κ2) is 10.4. The Kier molecular flexibility index (Phi) is 8.19. The molecule has 1 aliphatic carbocycles. The van der Waals surface area contributed by atoms with Crippen LogP contribution in [0.15, 0.2) is 0 Å². The van der Waals surface area contributed by atoms with E-state index in [1.54, 1.807) is 0 Å². The number of hydrogen-bond donors (Lipinski definition) is 3. The van der Waals surface area contributed by atoms with Crippen LogP contribution in [-0.4, -0.2) is 87.0 Å². The Bertz CT molecular complexity index is 726. The van der Waals surface area contributed by atoms with Gasteiger partial charge in [-0.15, -0.1) is 0 Å². The molecule has 1 saturated carbocycles. The van der Waals surface area contributed by atoms with Crippen LogP contribution >= 0.6 is 0 Å². The standard InChI is InChI=1S/C25H47FN4O5/c1-17-6-11-23(28,25-20(17)7-10-22(3,34-35-25)33-21(25)27)18(2)24(16-26,31-5)32-15-14-30(4)19-8-12-29-13-9-19/h17-21,29H,6-16,27-28H2,1-5H3/t17-,18?,20?,21?,22+,23-,24-,25+/m1/s1. The van der Waals surface area contributed by atoms with Crippen LogP contribution in [0.25, 0.3) is 0 Å². The van der Waals surface area contributed by atoms with E-state index in [0.29, 0.717) is 38.0 Å². The van der Waals surface area contributed by atoms with E-state index in [4.69, 9.17) is 35.5 Å². The van der Waals surface area contributed by atoms with Gasteiger partial charge in [0.25, 0.3) is 0 Å². The Morgan fingerprint density at radius 2 is 1.91 bits per heavy atom. The molecule has 1 spiro atoms. The quantitative estimate of drug-likeness (QED) is 0.321. The second-order valence-corrected chi connectivity index (χ2v) is 11.5. The zero-order chi connectivity index (χ0) is 25.5. The number of likely N-dealkylation sites (N-methyl/N-ethyl adjacent to an activating group) is 1. The van der Waals surface area contributed by atoms with E-state index in [0.717, 1.165) is 38.8 Å². The monoisotopic (exact) mass is 502 g/mol. The Labute approximate surface area is 209 Å². The minimum atomic E-state index is -1.54. The van der Waals surface area contributed by atoms with Gasteiger partial charge in [-0.25, -0.2) is 14.2 Å². The Morgan fingerprint density at radius 3 is 2.54 bits per heavy atom. The van der Waals surface area contributed by atoms with Gasteiger partial charge >= 0.3 is 0 Å². The molecule has 9 nitrogen and oxygen atoms in total. The molecular weight excluding hydrogens is 455 g/mol. The lowest BCUT2D eigenvalue weighted by atomic mass is 9.53. The highest BCUT2D eigenvalue weighted by Crippen LogP contribution is 2.59. The normalized spacial score (nSPS) is 42.9. The maximum Gasteiger partial charge on any atom is 0.201 e. The average Bonchev–Trinajstić information content (AvgIpc) is 3.09. The number of nitrogens with one attached hydrogen (secondary N) is 1. The number of ether oxygens (including phenoxy) is 3. The lowest BCUT2D eigenvalue weighted by Gasteiger charge is -2.62. The molecule has 4 aliphatic heterocycles. The van der Waals surface area contributed by atoms with Crippen LogP contribution in [0.5, 0.6) is 0 Å². The molecule has 35 heavy (non-hydrogen) atoms. The Balaban J connectivity index is 1.57. The molecule has 5 fully saturated rings. The number of rotatable bonds is 9. The third-order valence-electron chi connectivity index (χ3n) is 9.73. The van der Waals surface area contributed by atoms with Gasteiger partial charge in [0.1, 0.15) is 12.9 Å². The van der Waals surface area contributed by atoms with E-state index in [9.17, 15) is 4.39 Å². The summed E-state index contributed by atoms with van der Waals surface area (Å²) in [5.41, 5.74) is 11.7. The Hall–Kier alpha value is -0.430. The number of nitrogens with zero attached hydrogens (tertiary/aromatic N) is 1. The number of nitrogens with two attached hydrogens (primary N) is 2. The molecule has 5 aliphatic rings. The molecule has 5 N–H and O–H groups in total. The van der Waals surface area contributed by atoms with Crippen molar-refractivity contribution < 1.29 is 28.4 Å².